The largest absolute Gasteiger partial charge is 0.440 e. The monoisotopic (exact) mass is 394 g/mol. The third-order valence-corrected chi connectivity index (χ3v) is 7.38. The first-order chi connectivity index (χ1) is 11.0. The number of nitrogens with zero attached hydrogens (tertiary/aromatic N) is 2. The second kappa shape index (κ2) is 8.45. The van der Waals surface area contributed by atoms with Gasteiger partial charge >= 0.3 is 6.80 Å². The predicted octanol–water partition coefficient (Wildman–Crippen LogP) is 5.85. The van der Waals surface area contributed by atoms with Crippen LogP contribution in [0.5, 0.6) is 5.75 Å². The highest BCUT2D eigenvalue weighted by Crippen LogP contribution is 2.60. The predicted molar refractivity (Wildman–Crippen MR) is 96.2 cm³/mol. The first kappa shape index (κ1) is 18.7. The molecule has 0 radical (unpaired) electrons. The Morgan fingerprint density at radius 2 is 2.09 bits per heavy atom. The van der Waals surface area contributed by atoms with Crippen LogP contribution in [0.25, 0.3) is 5.69 Å². The van der Waals surface area contributed by atoms with Crippen molar-refractivity contribution < 1.29 is 13.6 Å². The Bertz CT molecular complexity index is 711. The molecule has 9 heteroatoms. The van der Waals surface area contributed by atoms with E-state index < -0.39 is 6.80 Å². The van der Waals surface area contributed by atoms with Crippen LogP contribution in [0.4, 0.5) is 0 Å². The Morgan fingerprint density at radius 3 is 2.74 bits per heavy atom. The molecule has 126 valence electrons. The molecular formula is C14H17Cl2N2O3PS. The van der Waals surface area contributed by atoms with E-state index in [9.17, 15) is 4.57 Å². The van der Waals surface area contributed by atoms with Gasteiger partial charge in [-0.3, -0.25) is 4.52 Å². The summed E-state index contributed by atoms with van der Waals surface area (Å²) in [5.74, 6) is 1.06. The summed E-state index contributed by atoms with van der Waals surface area (Å²) >= 11 is 13.1. The van der Waals surface area contributed by atoms with E-state index in [4.69, 9.17) is 32.2 Å². The highest BCUT2D eigenvalue weighted by molar-refractivity contribution is 8.55. The molecule has 1 heterocycles. The van der Waals surface area contributed by atoms with Gasteiger partial charge in [0.05, 0.1) is 34.7 Å². The molecule has 5 nitrogen and oxygen atoms in total. The molecule has 0 N–H and O–H groups in total. The normalized spacial score (nSPS) is 13.7. The summed E-state index contributed by atoms with van der Waals surface area (Å²) in [7, 11) is 0. The van der Waals surface area contributed by atoms with Crippen molar-refractivity contribution in [3.63, 3.8) is 0 Å². The van der Waals surface area contributed by atoms with Crippen LogP contribution < -0.4 is 4.52 Å². The molecular weight excluding hydrogens is 378 g/mol. The number of hydrogen-bond donors (Lipinski definition) is 0. The average molecular weight is 395 g/mol. The average Bonchev–Trinajstić information content (AvgIpc) is 2.96. The van der Waals surface area contributed by atoms with Crippen molar-refractivity contribution in [1.29, 1.82) is 0 Å². The lowest BCUT2D eigenvalue weighted by Crippen LogP contribution is -1.96. The summed E-state index contributed by atoms with van der Waals surface area (Å²) in [4.78, 5) is 0. The molecule has 0 aliphatic heterocycles. The van der Waals surface area contributed by atoms with Gasteiger partial charge in [0.15, 0.2) is 5.75 Å². The molecule has 0 saturated carbocycles. The summed E-state index contributed by atoms with van der Waals surface area (Å²) in [6.45, 7) is 0.862. The lowest BCUT2D eigenvalue weighted by molar-refractivity contribution is 0.296. The summed E-state index contributed by atoms with van der Waals surface area (Å²) in [6, 6.07) is 5.15. The van der Waals surface area contributed by atoms with Crippen molar-refractivity contribution >= 4 is 41.4 Å². The summed E-state index contributed by atoms with van der Waals surface area (Å²) in [5.41, 5.74) is 0.724. The molecule has 1 atom stereocenters. The Labute approximate surface area is 149 Å². The van der Waals surface area contributed by atoms with Gasteiger partial charge in [-0.1, -0.05) is 30.1 Å². The van der Waals surface area contributed by atoms with Gasteiger partial charge in [0.2, 0.25) is 0 Å². The van der Waals surface area contributed by atoms with Crippen molar-refractivity contribution in [2.45, 2.75) is 20.3 Å². The highest BCUT2D eigenvalue weighted by Gasteiger charge is 2.27. The fraction of sp³-hybridized carbons (Fsp3) is 0.357. The number of rotatable bonds is 8. The zero-order valence-electron chi connectivity index (χ0n) is 12.7. The Hall–Kier alpha value is -0.650. The summed E-state index contributed by atoms with van der Waals surface area (Å²) in [6.07, 6.45) is 3.99. The lowest BCUT2D eigenvalue weighted by Gasteiger charge is -2.15. The minimum Gasteiger partial charge on any atom is -0.414 e. The third kappa shape index (κ3) is 5.16. The van der Waals surface area contributed by atoms with Crippen LogP contribution in [0.2, 0.25) is 10.0 Å². The van der Waals surface area contributed by atoms with Crippen LogP contribution >= 0.6 is 41.4 Å². The van der Waals surface area contributed by atoms with Crippen LogP contribution in [0.3, 0.4) is 0 Å². The molecule has 0 fully saturated rings. The fourth-order valence-corrected chi connectivity index (χ4v) is 5.42. The van der Waals surface area contributed by atoms with E-state index in [1.807, 2.05) is 6.92 Å². The van der Waals surface area contributed by atoms with Gasteiger partial charge in [0, 0.05) is 5.75 Å². The third-order valence-electron chi connectivity index (χ3n) is 2.68. The van der Waals surface area contributed by atoms with Gasteiger partial charge in [0.1, 0.15) is 0 Å². The van der Waals surface area contributed by atoms with Crippen LogP contribution in [0.1, 0.15) is 20.3 Å². The molecule has 2 rings (SSSR count). The number of aromatic nitrogens is 2. The topological polar surface area (TPSA) is 53.4 Å². The molecule has 0 saturated heterocycles. The zero-order chi connectivity index (χ0) is 16.9. The van der Waals surface area contributed by atoms with Crippen molar-refractivity contribution in [2.75, 3.05) is 12.4 Å². The maximum absolute atomic E-state index is 12.6. The minimum atomic E-state index is -3.24. The van der Waals surface area contributed by atoms with Crippen molar-refractivity contribution in [3.8, 4) is 11.4 Å². The molecule has 0 amide bonds. The van der Waals surface area contributed by atoms with Crippen molar-refractivity contribution in [1.82, 2.24) is 9.78 Å². The van der Waals surface area contributed by atoms with E-state index in [2.05, 4.69) is 5.10 Å². The standard InChI is InChI=1S/C14H17Cl2N2O3PS/c1-3-7-23-22(19,20-4-2)21-12-9-17-18(10-12)11-5-6-13(15)14(16)8-11/h5-6,8-10H,3-4,7H2,1-2H3. The Morgan fingerprint density at radius 1 is 1.30 bits per heavy atom. The van der Waals surface area contributed by atoms with E-state index >= 15 is 0 Å². The molecule has 0 aliphatic rings. The minimum absolute atomic E-state index is 0.314. The van der Waals surface area contributed by atoms with Crippen molar-refractivity contribution in [3.05, 3.63) is 40.6 Å². The summed E-state index contributed by atoms with van der Waals surface area (Å²) < 4.78 is 25.1. The van der Waals surface area contributed by atoms with E-state index in [-0.39, 0.29) is 0 Å². The van der Waals surface area contributed by atoms with E-state index in [1.165, 1.54) is 17.6 Å². The number of benzene rings is 1. The van der Waals surface area contributed by atoms with Crippen LogP contribution in [-0.2, 0) is 9.09 Å². The SMILES string of the molecule is CCCSP(=O)(OCC)Oc1cnn(-c2ccc(Cl)c(Cl)c2)c1. The van der Waals surface area contributed by atoms with E-state index in [0.717, 1.165) is 12.1 Å². The van der Waals surface area contributed by atoms with Gasteiger partial charge < -0.3 is 4.52 Å². The zero-order valence-corrected chi connectivity index (χ0v) is 16.0. The van der Waals surface area contributed by atoms with E-state index in [0.29, 0.717) is 28.2 Å². The van der Waals surface area contributed by atoms with Crippen LogP contribution in [-0.4, -0.2) is 22.1 Å². The molecule has 0 spiro atoms. The van der Waals surface area contributed by atoms with Gasteiger partial charge in [-0.05, 0) is 42.9 Å². The smallest absolute Gasteiger partial charge is 0.414 e. The Kier molecular flexibility index (Phi) is 6.86. The van der Waals surface area contributed by atoms with Gasteiger partial charge in [-0.15, -0.1) is 0 Å². The van der Waals surface area contributed by atoms with Gasteiger partial charge in [-0.2, -0.15) is 5.10 Å². The molecule has 1 aromatic carbocycles. The van der Waals surface area contributed by atoms with Crippen LogP contribution in [0.15, 0.2) is 30.6 Å². The lowest BCUT2D eigenvalue weighted by atomic mass is 10.3. The summed E-state index contributed by atoms with van der Waals surface area (Å²) in [5, 5.41) is 5.09. The number of halogens is 2. The second-order valence-electron chi connectivity index (χ2n) is 4.51. The first-order valence-electron chi connectivity index (χ1n) is 7.06. The van der Waals surface area contributed by atoms with Gasteiger partial charge in [0.25, 0.3) is 0 Å². The molecule has 0 aliphatic carbocycles. The molecule has 2 aromatic rings. The van der Waals surface area contributed by atoms with Gasteiger partial charge in [-0.25, -0.2) is 9.25 Å². The number of hydrogen-bond acceptors (Lipinski definition) is 5. The molecule has 23 heavy (non-hydrogen) atoms. The fourth-order valence-electron chi connectivity index (χ4n) is 1.70. The Balaban J connectivity index is 2.17. The quantitative estimate of drug-likeness (QED) is 0.525. The van der Waals surface area contributed by atoms with E-state index in [1.54, 1.807) is 36.0 Å². The second-order valence-corrected chi connectivity index (χ2v) is 9.44. The highest BCUT2D eigenvalue weighted by atomic mass is 35.5. The maximum atomic E-state index is 12.6. The van der Waals surface area contributed by atoms with Crippen molar-refractivity contribution in [2.24, 2.45) is 0 Å². The molecule has 0 bridgehead atoms. The van der Waals surface area contributed by atoms with Crippen LogP contribution in [0, 0.1) is 0 Å². The maximum Gasteiger partial charge on any atom is 0.440 e. The molecule has 1 aromatic heterocycles. The molecule has 1 unspecified atom stereocenters. The first-order valence-corrected chi connectivity index (χ1v) is 10.9.